The molecule has 1 aliphatic heterocycles. The summed E-state index contributed by atoms with van der Waals surface area (Å²) in [4.78, 5) is 16.1. The van der Waals surface area contributed by atoms with Crippen LogP contribution in [0, 0.1) is 0 Å². The smallest absolute Gasteiger partial charge is 0.325 e. The zero-order chi connectivity index (χ0) is 22.0. The van der Waals surface area contributed by atoms with E-state index in [1.165, 1.54) is 7.11 Å². The molecule has 0 amide bonds. The number of anilines is 1. The standard InChI is InChI=1S/C22H23BrN4O3S/c1-3-4-7-10-31-22-25-21(29)18-14-8-5-6-9-16(14)24-20(27(18)26-22)13-11-15(23)19(28)17(12-13)30-2/h5-6,8-9,11-12,20H,3-4,7,10H2,1-2H3,(H2,25,26,28,29)/p+1/t20-/m0/s1. The molecule has 0 fully saturated rings. The van der Waals surface area contributed by atoms with Gasteiger partial charge in [0.25, 0.3) is 6.17 Å². The quantitative estimate of drug-likeness (QED) is 0.250. The first-order valence-electron chi connectivity index (χ1n) is 10.1. The second-order valence-corrected chi connectivity index (χ2v) is 9.19. The molecule has 0 unspecified atom stereocenters. The van der Waals surface area contributed by atoms with Gasteiger partial charge in [0.2, 0.25) is 5.16 Å². The molecule has 4 rings (SSSR count). The Balaban J connectivity index is 1.84. The summed E-state index contributed by atoms with van der Waals surface area (Å²) < 4.78 is 7.56. The van der Waals surface area contributed by atoms with Crippen LogP contribution < -0.4 is 20.3 Å². The summed E-state index contributed by atoms with van der Waals surface area (Å²) in [5.74, 6) is 1.26. The number of thioether (sulfide) groups is 1. The first kappa shape index (κ1) is 21.7. The number of H-pyrrole nitrogens is 1. The highest BCUT2D eigenvalue weighted by molar-refractivity contribution is 9.10. The van der Waals surface area contributed by atoms with E-state index < -0.39 is 6.17 Å². The van der Waals surface area contributed by atoms with Crippen LogP contribution in [0.15, 0.2) is 50.8 Å². The monoisotopic (exact) mass is 503 g/mol. The van der Waals surface area contributed by atoms with Gasteiger partial charge < -0.3 is 15.2 Å². The number of rotatable bonds is 7. The van der Waals surface area contributed by atoms with Crippen LogP contribution in [-0.4, -0.2) is 28.1 Å². The van der Waals surface area contributed by atoms with Gasteiger partial charge in [-0.3, -0.25) is 9.78 Å². The van der Waals surface area contributed by atoms with Crippen LogP contribution in [0.1, 0.15) is 37.9 Å². The van der Waals surface area contributed by atoms with Crippen LogP contribution in [0.2, 0.25) is 0 Å². The maximum Gasteiger partial charge on any atom is 0.325 e. The molecule has 7 nitrogen and oxygen atoms in total. The number of unbranched alkanes of at least 4 members (excludes halogenated alkanes) is 2. The van der Waals surface area contributed by atoms with Crippen molar-refractivity contribution in [1.29, 1.82) is 0 Å². The van der Waals surface area contributed by atoms with Crippen LogP contribution >= 0.6 is 27.7 Å². The van der Waals surface area contributed by atoms with Crippen LogP contribution in [0.25, 0.3) is 11.3 Å². The van der Waals surface area contributed by atoms with E-state index in [4.69, 9.17) is 9.84 Å². The Morgan fingerprint density at radius 1 is 1.29 bits per heavy atom. The van der Waals surface area contributed by atoms with Crippen molar-refractivity contribution in [3.63, 3.8) is 0 Å². The highest BCUT2D eigenvalue weighted by Gasteiger charge is 2.38. The van der Waals surface area contributed by atoms with Crippen molar-refractivity contribution in [3.8, 4) is 22.8 Å². The molecule has 31 heavy (non-hydrogen) atoms. The molecular formula is C22H24BrN4O3S+. The molecule has 162 valence electrons. The van der Waals surface area contributed by atoms with Crippen molar-refractivity contribution in [1.82, 2.24) is 10.1 Å². The third-order valence-electron chi connectivity index (χ3n) is 5.16. The number of phenols is 1. The molecule has 0 spiro atoms. The summed E-state index contributed by atoms with van der Waals surface area (Å²) in [5, 5.41) is 19.1. The molecule has 2 heterocycles. The lowest BCUT2D eigenvalue weighted by atomic mass is 10.0. The molecular weight excluding hydrogens is 480 g/mol. The summed E-state index contributed by atoms with van der Waals surface area (Å²) in [6.07, 6.45) is 2.91. The topological polar surface area (TPSA) is 91.1 Å². The number of fused-ring (bicyclic) bond motifs is 3. The molecule has 1 aliphatic rings. The zero-order valence-electron chi connectivity index (χ0n) is 17.3. The number of methoxy groups -OCH3 is 1. The Kier molecular flexibility index (Phi) is 6.52. The van der Waals surface area contributed by atoms with Crippen molar-refractivity contribution in [2.75, 3.05) is 18.2 Å². The molecule has 3 aromatic rings. The molecule has 0 radical (unpaired) electrons. The fraction of sp³-hybridized carbons (Fsp3) is 0.318. The lowest BCUT2D eigenvalue weighted by Crippen LogP contribution is -2.55. The molecule has 1 aromatic heterocycles. The van der Waals surface area contributed by atoms with Crippen LogP contribution in [-0.2, 0) is 0 Å². The number of hydrogen-bond acceptors (Lipinski definition) is 6. The maximum atomic E-state index is 13.1. The summed E-state index contributed by atoms with van der Waals surface area (Å²) in [7, 11) is 1.50. The summed E-state index contributed by atoms with van der Waals surface area (Å²) in [6, 6.07) is 11.2. The number of benzene rings is 2. The number of nitrogens with one attached hydrogen (secondary N) is 2. The van der Waals surface area contributed by atoms with Crippen LogP contribution in [0.3, 0.4) is 0 Å². The average molecular weight is 504 g/mol. The number of aromatic nitrogens is 3. The molecule has 0 saturated heterocycles. The second-order valence-electron chi connectivity index (χ2n) is 7.25. The number of phenolic OH excluding ortho intramolecular Hbond substituents is 1. The van der Waals surface area contributed by atoms with E-state index in [1.54, 1.807) is 28.6 Å². The Bertz CT molecular complexity index is 1170. The fourth-order valence-electron chi connectivity index (χ4n) is 3.61. The first-order valence-corrected chi connectivity index (χ1v) is 11.9. The van der Waals surface area contributed by atoms with Gasteiger partial charge in [-0.05, 0) is 51.3 Å². The minimum atomic E-state index is -0.451. The minimum Gasteiger partial charge on any atom is -0.503 e. The van der Waals surface area contributed by atoms with Gasteiger partial charge in [0.15, 0.2) is 11.5 Å². The number of halogens is 1. The molecule has 0 bridgehead atoms. The number of ether oxygens (including phenoxy) is 1. The Morgan fingerprint density at radius 3 is 2.87 bits per heavy atom. The van der Waals surface area contributed by atoms with Crippen molar-refractivity contribution >= 4 is 33.4 Å². The van der Waals surface area contributed by atoms with Gasteiger partial charge in [-0.15, -0.1) is 0 Å². The normalized spacial score (nSPS) is 14.5. The van der Waals surface area contributed by atoms with Gasteiger partial charge in [0.1, 0.15) is 0 Å². The minimum absolute atomic E-state index is 0.0266. The SMILES string of the molecule is CCCCCSc1n[n+]2c(c(=O)[nH]1)-c1ccccc1N[C@@H]2c1cc(Br)c(O)c(OC)c1. The van der Waals surface area contributed by atoms with Crippen molar-refractivity contribution in [2.45, 2.75) is 37.5 Å². The number of nitrogens with zero attached hydrogens (tertiary/aromatic N) is 2. The summed E-state index contributed by atoms with van der Waals surface area (Å²) in [6.45, 7) is 2.16. The third-order valence-corrected chi connectivity index (χ3v) is 6.71. The number of aromatic amines is 1. The molecule has 9 heteroatoms. The van der Waals surface area contributed by atoms with Crippen molar-refractivity contribution in [2.24, 2.45) is 0 Å². The van der Waals surface area contributed by atoms with Crippen molar-refractivity contribution in [3.05, 3.63) is 56.8 Å². The fourth-order valence-corrected chi connectivity index (χ4v) is 4.92. The predicted molar refractivity (Wildman–Crippen MR) is 125 cm³/mol. The largest absolute Gasteiger partial charge is 0.503 e. The van der Waals surface area contributed by atoms with Crippen molar-refractivity contribution < 1.29 is 14.5 Å². The van der Waals surface area contributed by atoms with E-state index in [-0.39, 0.29) is 11.3 Å². The lowest BCUT2D eigenvalue weighted by Gasteiger charge is -2.23. The molecule has 0 aliphatic carbocycles. The Hall–Kier alpha value is -2.52. The van der Waals surface area contributed by atoms with Crippen LogP contribution in [0.5, 0.6) is 11.5 Å². The Morgan fingerprint density at radius 2 is 2.10 bits per heavy atom. The predicted octanol–water partition coefficient (Wildman–Crippen LogP) is 4.46. The summed E-state index contributed by atoms with van der Waals surface area (Å²) in [5.41, 5.74) is 2.73. The lowest BCUT2D eigenvalue weighted by molar-refractivity contribution is -0.759. The van der Waals surface area contributed by atoms with Gasteiger partial charge in [0.05, 0.1) is 22.8 Å². The van der Waals surface area contributed by atoms with E-state index in [9.17, 15) is 9.90 Å². The van der Waals surface area contributed by atoms with E-state index in [2.05, 4.69) is 33.2 Å². The van der Waals surface area contributed by atoms with E-state index in [0.29, 0.717) is 21.1 Å². The molecule has 0 saturated carbocycles. The van der Waals surface area contributed by atoms with Gasteiger partial charge in [-0.2, -0.15) is 0 Å². The van der Waals surface area contributed by atoms with Gasteiger partial charge in [0, 0.05) is 16.4 Å². The number of para-hydroxylation sites is 1. The van der Waals surface area contributed by atoms with Crippen LogP contribution in [0.4, 0.5) is 5.69 Å². The van der Waals surface area contributed by atoms with Gasteiger partial charge in [-0.1, -0.05) is 43.7 Å². The van der Waals surface area contributed by atoms with Gasteiger partial charge in [-0.25, -0.2) is 0 Å². The maximum absolute atomic E-state index is 13.1. The highest BCUT2D eigenvalue weighted by Crippen LogP contribution is 2.39. The van der Waals surface area contributed by atoms with E-state index >= 15 is 0 Å². The second kappa shape index (κ2) is 9.32. The number of hydrogen-bond donors (Lipinski definition) is 3. The Labute approximate surface area is 193 Å². The summed E-state index contributed by atoms with van der Waals surface area (Å²) >= 11 is 4.94. The molecule has 3 N–H and O–H groups in total. The average Bonchev–Trinajstić information content (AvgIpc) is 2.77. The molecule has 1 atom stereocenters. The molecule has 2 aromatic carbocycles. The van der Waals surface area contributed by atoms with Gasteiger partial charge >= 0.3 is 11.3 Å². The number of aromatic hydroxyl groups is 1. The van der Waals surface area contributed by atoms with E-state index in [1.807, 2.05) is 24.3 Å². The third kappa shape index (κ3) is 4.29. The van der Waals surface area contributed by atoms with E-state index in [0.717, 1.165) is 41.8 Å². The first-order chi connectivity index (χ1) is 15.0. The zero-order valence-corrected chi connectivity index (χ0v) is 19.7. The highest BCUT2D eigenvalue weighted by atomic mass is 79.9.